The minimum Gasteiger partial charge on any atom is -0.350 e. The molecule has 0 aromatic heterocycles. The van der Waals surface area contributed by atoms with Crippen LogP contribution in [0.2, 0.25) is 0 Å². The predicted octanol–water partition coefficient (Wildman–Crippen LogP) is 2.18. The van der Waals surface area contributed by atoms with E-state index in [1.807, 2.05) is 0 Å². The minimum atomic E-state index is 0.272. The van der Waals surface area contributed by atoms with E-state index in [0.29, 0.717) is 18.3 Å². The Balaban J connectivity index is 2.37. The second-order valence-electron chi connectivity index (χ2n) is 4.46. The van der Waals surface area contributed by atoms with E-state index < -0.39 is 0 Å². The van der Waals surface area contributed by atoms with Crippen molar-refractivity contribution in [2.24, 2.45) is 5.41 Å². The molecule has 2 nitrogen and oxygen atoms in total. The van der Waals surface area contributed by atoms with Gasteiger partial charge in [-0.3, -0.25) is 0 Å². The second-order valence-corrected chi connectivity index (χ2v) is 4.46. The number of ether oxygens (including phenoxy) is 2. The van der Waals surface area contributed by atoms with E-state index in [1.165, 1.54) is 0 Å². The molecule has 0 unspecified atom stereocenters. The first-order chi connectivity index (χ1) is 4.99. The molecule has 2 atom stereocenters. The fourth-order valence-electron chi connectivity index (χ4n) is 1.31. The largest absolute Gasteiger partial charge is 0.350 e. The number of hydrogen-bond acceptors (Lipinski definition) is 2. The summed E-state index contributed by atoms with van der Waals surface area (Å²) in [7, 11) is 0. The summed E-state index contributed by atoms with van der Waals surface area (Å²) >= 11 is 0. The Morgan fingerprint density at radius 2 is 1.91 bits per heavy atom. The third kappa shape index (κ3) is 2.80. The maximum Gasteiger partial charge on any atom is 0.147 e. The molecule has 0 amide bonds. The topological polar surface area (TPSA) is 18.5 Å². The normalized spacial score (nSPS) is 32.7. The van der Waals surface area contributed by atoms with E-state index >= 15 is 0 Å². The van der Waals surface area contributed by atoms with Crippen LogP contribution in [0.25, 0.3) is 0 Å². The van der Waals surface area contributed by atoms with Crippen molar-refractivity contribution in [3.05, 3.63) is 0 Å². The fourth-order valence-corrected chi connectivity index (χ4v) is 1.31. The molecule has 1 aliphatic rings. The molecule has 1 fully saturated rings. The van der Waals surface area contributed by atoms with Crippen molar-refractivity contribution in [2.45, 2.75) is 46.3 Å². The maximum atomic E-state index is 5.42. The molecule has 0 bridgehead atoms. The van der Waals surface area contributed by atoms with E-state index in [4.69, 9.17) is 9.47 Å². The zero-order valence-corrected chi connectivity index (χ0v) is 7.89. The van der Waals surface area contributed by atoms with Crippen LogP contribution >= 0.6 is 0 Å². The standard InChI is InChI=1S/C9H18O2/c1-7-8(11-6-10-7)5-9(2,3)4/h7-8H,5-6H2,1-4H3/t7-,8-/m1/s1. The van der Waals surface area contributed by atoms with Crippen molar-refractivity contribution >= 4 is 0 Å². The molecule has 0 radical (unpaired) electrons. The highest BCUT2D eigenvalue weighted by molar-refractivity contribution is 4.76. The van der Waals surface area contributed by atoms with Crippen LogP contribution in [0.4, 0.5) is 0 Å². The van der Waals surface area contributed by atoms with Crippen LogP contribution in [-0.4, -0.2) is 19.0 Å². The lowest BCUT2D eigenvalue weighted by Gasteiger charge is -2.23. The van der Waals surface area contributed by atoms with Gasteiger partial charge in [0.25, 0.3) is 0 Å². The van der Waals surface area contributed by atoms with Crippen LogP contribution in [-0.2, 0) is 9.47 Å². The SMILES string of the molecule is C[C@H]1OCO[C@@H]1CC(C)(C)C. The molecular weight excluding hydrogens is 140 g/mol. The van der Waals surface area contributed by atoms with E-state index in [0.717, 1.165) is 6.42 Å². The Bertz CT molecular complexity index is 126. The molecule has 1 saturated heterocycles. The van der Waals surface area contributed by atoms with E-state index in [1.54, 1.807) is 0 Å². The van der Waals surface area contributed by atoms with Gasteiger partial charge < -0.3 is 9.47 Å². The van der Waals surface area contributed by atoms with E-state index in [9.17, 15) is 0 Å². The predicted molar refractivity (Wildman–Crippen MR) is 44.4 cm³/mol. The van der Waals surface area contributed by atoms with Crippen LogP contribution in [0.1, 0.15) is 34.1 Å². The summed E-state index contributed by atoms with van der Waals surface area (Å²) < 4.78 is 10.7. The molecule has 0 aromatic rings. The number of rotatable bonds is 1. The van der Waals surface area contributed by atoms with Gasteiger partial charge in [-0.15, -0.1) is 0 Å². The third-order valence-electron chi connectivity index (χ3n) is 1.95. The highest BCUT2D eigenvalue weighted by Gasteiger charge is 2.29. The molecule has 0 N–H and O–H groups in total. The molecule has 1 heterocycles. The van der Waals surface area contributed by atoms with Crippen LogP contribution < -0.4 is 0 Å². The molecule has 0 aliphatic carbocycles. The average molecular weight is 158 g/mol. The van der Waals surface area contributed by atoms with Crippen LogP contribution in [0.3, 0.4) is 0 Å². The highest BCUT2D eigenvalue weighted by atomic mass is 16.7. The Morgan fingerprint density at radius 3 is 2.27 bits per heavy atom. The van der Waals surface area contributed by atoms with Gasteiger partial charge in [0.2, 0.25) is 0 Å². The van der Waals surface area contributed by atoms with Crippen molar-refractivity contribution in [3.8, 4) is 0 Å². The molecule has 1 aliphatic heterocycles. The van der Waals surface area contributed by atoms with E-state index in [2.05, 4.69) is 27.7 Å². The first-order valence-corrected chi connectivity index (χ1v) is 4.22. The molecule has 66 valence electrons. The Kier molecular flexibility index (Phi) is 2.55. The summed E-state index contributed by atoms with van der Waals surface area (Å²) in [6, 6.07) is 0. The lowest BCUT2D eigenvalue weighted by Crippen LogP contribution is -2.25. The second kappa shape index (κ2) is 3.11. The average Bonchev–Trinajstić information content (AvgIpc) is 2.12. The lowest BCUT2D eigenvalue weighted by molar-refractivity contribution is 0.0329. The van der Waals surface area contributed by atoms with Gasteiger partial charge in [-0.2, -0.15) is 0 Å². The van der Waals surface area contributed by atoms with Gasteiger partial charge in [-0.25, -0.2) is 0 Å². The van der Waals surface area contributed by atoms with Gasteiger partial charge in [-0.1, -0.05) is 20.8 Å². The van der Waals surface area contributed by atoms with Crippen molar-refractivity contribution in [1.29, 1.82) is 0 Å². The Labute approximate surface area is 68.9 Å². The van der Waals surface area contributed by atoms with Crippen LogP contribution in [0.15, 0.2) is 0 Å². The maximum absolute atomic E-state index is 5.42. The summed E-state index contributed by atoms with van der Waals surface area (Å²) in [6.07, 6.45) is 1.65. The molecule has 11 heavy (non-hydrogen) atoms. The third-order valence-corrected chi connectivity index (χ3v) is 1.95. The molecule has 2 heteroatoms. The summed E-state index contributed by atoms with van der Waals surface area (Å²) in [5, 5.41) is 0. The minimum absolute atomic E-state index is 0.272. The first kappa shape index (κ1) is 9.01. The van der Waals surface area contributed by atoms with Gasteiger partial charge in [-0.05, 0) is 18.8 Å². The summed E-state index contributed by atoms with van der Waals surface area (Å²) in [5.41, 5.74) is 0.340. The molecule has 0 aromatic carbocycles. The highest BCUT2D eigenvalue weighted by Crippen LogP contribution is 2.27. The molecule has 1 rings (SSSR count). The van der Waals surface area contributed by atoms with Crippen LogP contribution in [0.5, 0.6) is 0 Å². The van der Waals surface area contributed by atoms with Gasteiger partial charge in [0.15, 0.2) is 0 Å². The smallest absolute Gasteiger partial charge is 0.147 e. The van der Waals surface area contributed by atoms with Crippen molar-refractivity contribution in [1.82, 2.24) is 0 Å². The van der Waals surface area contributed by atoms with Gasteiger partial charge in [0.05, 0.1) is 12.2 Å². The zero-order valence-electron chi connectivity index (χ0n) is 7.89. The van der Waals surface area contributed by atoms with Crippen LogP contribution in [0, 0.1) is 5.41 Å². The fraction of sp³-hybridized carbons (Fsp3) is 1.00. The Hall–Kier alpha value is -0.0800. The van der Waals surface area contributed by atoms with Gasteiger partial charge in [0.1, 0.15) is 6.79 Å². The quantitative estimate of drug-likeness (QED) is 0.582. The van der Waals surface area contributed by atoms with Gasteiger partial charge >= 0.3 is 0 Å². The van der Waals surface area contributed by atoms with Crippen molar-refractivity contribution < 1.29 is 9.47 Å². The number of hydrogen-bond donors (Lipinski definition) is 0. The zero-order chi connectivity index (χ0) is 8.48. The Morgan fingerprint density at radius 1 is 1.27 bits per heavy atom. The molecular formula is C9H18O2. The van der Waals surface area contributed by atoms with Crippen molar-refractivity contribution in [2.75, 3.05) is 6.79 Å². The lowest BCUT2D eigenvalue weighted by atomic mass is 9.88. The monoisotopic (exact) mass is 158 g/mol. The van der Waals surface area contributed by atoms with E-state index in [-0.39, 0.29) is 6.10 Å². The van der Waals surface area contributed by atoms with Crippen molar-refractivity contribution in [3.63, 3.8) is 0 Å². The molecule has 0 spiro atoms. The summed E-state index contributed by atoms with van der Waals surface area (Å²) in [5.74, 6) is 0. The molecule has 0 saturated carbocycles. The summed E-state index contributed by atoms with van der Waals surface area (Å²) in [4.78, 5) is 0. The van der Waals surface area contributed by atoms with Gasteiger partial charge in [0, 0.05) is 0 Å². The summed E-state index contributed by atoms with van der Waals surface area (Å²) in [6.45, 7) is 9.22. The first-order valence-electron chi connectivity index (χ1n) is 4.22.